The van der Waals surface area contributed by atoms with E-state index in [0.717, 1.165) is 34.6 Å². The van der Waals surface area contributed by atoms with Gasteiger partial charge in [-0.1, -0.05) is 48.5 Å². The number of carbonyl (C=O) groups is 4. The number of amides is 2. The molecule has 2 aliphatic heterocycles. The third-order valence-corrected chi connectivity index (χ3v) is 11.2. The molecule has 6 aromatic carbocycles. The molecule has 13 nitrogen and oxygen atoms in total. The van der Waals surface area contributed by atoms with E-state index < -0.39 is 64.6 Å². The van der Waals surface area contributed by atoms with Crippen LogP contribution in [0.15, 0.2) is 72.8 Å². The van der Waals surface area contributed by atoms with Crippen molar-refractivity contribution < 1.29 is 70.3 Å². The molecule has 69 heavy (non-hydrogen) atoms. The van der Waals surface area contributed by atoms with E-state index in [1.807, 2.05) is 31.2 Å². The highest BCUT2D eigenvalue weighted by atomic mass is 19.1. The number of nitrogens with zero attached hydrogens (tertiary/aromatic N) is 2. The third-order valence-electron chi connectivity index (χ3n) is 11.2. The second kappa shape index (κ2) is 21.3. The molecule has 17 heteroatoms. The fraction of sp³-hybridized carbons (Fsp3) is 0.308. The van der Waals surface area contributed by atoms with E-state index in [1.54, 1.807) is 58.9 Å². The molecule has 0 bridgehead atoms. The topological polar surface area (TPSA) is 150 Å². The van der Waals surface area contributed by atoms with Crippen molar-refractivity contribution in [3.63, 3.8) is 0 Å². The summed E-state index contributed by atoms with van der Waals surface area (Å²) in [6.07, 6.45) is -2.35. The maximum absolute atomic E-state index is 15.2. The third kappa shape index (κ3) is 9.42. The van der Waals surface area contributed by atoms with Gasteiger partial charge in [0.05, 0.1) is 75.7 Å². The minimum atomic E-state index is -1.73. The van der Waals surface area contributed by atoms with Gasteiger partial charge >= 0.3 is 11.9 Å². The number of esters is 2. The average Bonchev–Trinajstić information content (AvgIpc) is 3.77. The predicted octanol–water partition coefficient (Wildman–Crippen LogP) is 9.85. The molecule has 2 heterocycles. The number of carbonyl (C=O) groups excluding carboxylic acids is 4. The first-order chi connectivity index (χ1) is 33.2. The zero-order valence-electron chi connectivity index (χ0n) is 38.8. The Bertz CT molecular complexity index is 2930. The lowest BCUT2D eigenvalue weighted by atomic mass is 9.98. The summed E-state index contributed by atoms with van der Waals surface area (Å²) < 4.78 is 93.6. The van der Waals surface area contributed by atoms with Crippen molar-refractivity contribution in [2.45, 2.75) is 67.2 Å². The van der Waals surface area contributed by atoms with Gasteiger partial charge < -0.3 is 33.5 Å². The van der Waals surface area contributed by atoms with Gasteiger partial charge in [-0.25, -0.2) is 17.6 Å². The van der Waals surface area contributed by atoms with Crippen LogP contribution in [0.3, 0.4) is 0 Å². The van der Waals surface area contributed by atoms with Gasteiger partial charge in [0.15, 0.2) is 6.23 Å². The van der Waals surface area contributed by atoms with Gasteiger partial charge in [0.2, 0.25) is 0 Å². The van der Waals surface area contributed by atoms with E-state index in [2.05, 4.69) is 0 Å². The van der Waals surface area contributed by atoms with Crippen molar-refractivity contribution in [2.75, 3.05) is 49.4 Å². The van der Waals surface area contributed by atoms with Crippen molar-refractivity contribution in [1.82, 2.24) is 0 Å². The van der Waals surface area contributed by atoms with Crippen molar-refractivity contribution in [2.24, 2.45) is 0 Å². The minimum absolute atomic E-state index is 0.0177. The molecule has 1 unspecified atom stereocenters. The Labute approximate surface area is 395 Å². The molecule has 1 N–H and O–H groups in total. The van der Waals surface area contributed by atoms with E-state index in [1.165, 1.54) is 0 Å². The van der Waals surface area contributed by atoms with E-state index in [4.69, 9.17) is 28.4 Å². The van der Waals surface area contributed by atoms with Gasteiger partial charge in [0.25, 0.3) is 11.8 Å². The zero-order valence-corrected chi connectivity index (χ0v) is 38.8. The summed E-state index contributed by atoms with van der Waals surface area (Å²) in [7, 11) is 0. The number of aliphatic hydroxyl groups is 1. The largest absolute Gasteiger partial charge is 0.493 e. The summed E-state index contributed by atoms with van der Waals surface area (Å²) in [5, 5.41) is 13.8. The molecule has 0 spiro atoms. The number of fused-ring (bicyclic) bond motifs is 4. The molecule has 0 aromatic heterocycles. The van der Waals surface area contributed by atoms with Gasteiger partial charge in [-0.3, -0.25) is 29.0 Å². The van der Waals surface area contributed by atoms with Gasteiger partial charge in [0, 0.05) is 27.1 Å². The maximum Gasteiger partial charge on any atom is 0.310 e. The van der Waals surface area contributed by atoms with Crippen LogP contribution in [0.5, 0.6) is 23.0 Å². The van der Waals surface area contributed by atoms with Crippen molar-refractivity contribution in [1.29, 1.82) is 0 Å². The lowest BCUT2D eigenvalue weighted by Gasteiger charge is -2.23. The second-order valence-corrected chi connectivity index (χ2v) is 15.5. The SMILES string of the molecule is CCOC(=O)Cc1cc(F)c(N2C(=O)c3c(c(OCC)c4ccccc4c3OCC)C2O)c(F)c1.CCOC(=O)Cc1cc(F)c(N2Cc3c(c(OCC)c4ccccc4c3OCC)C2=O)c(F)c1. The molecule has 362 valence electrons. The Morgan fingerprint density at radius 3 is 1.39 bits per heavy atom. The quantitative estimate of drug-likeness (QED) is 0.0730. The molecule has 2 amide bonds. The molecule has 0 saturated heterocycles. The number of hydrogen-bond donors (Lipinski definition) is 1. The minimum Gasteiger partial charge on any atom is -0.493 e. The lowest BCUT2D eigenvalue weighted by molar-refractivity contribution is -0.143. The molecule has 1 atom stereocenters. The fourth-order valence-corrected chi connectivity index (χ4v) is 8.67. The van der Waals surface area contributed by atoms with E-state index in [-0.39, 0.29) is 85.1 Å². The van der Waals surface area contributed by atoms with Gasteiger partial charge in [0.1, 0.15) is 57.6 Å². The van der Waals surface area contributed by atoms with Crippen molar-refractivity contribution in [3.05, 3.63) is 129 Å². The number of aliphatic hydroxyl groups excluding tert-OH is 1. The summed E-state index contributed by atoms with van der Waals surface area (Å²) >= 11 is 0. The van der Waals surface area contributed by atoms with Gasteiger partial charge in [-0.05, 0) is 76.9 Å². The molecular weight excluding hydrogens is 905 g/mol. The summed E-state index contributed by atoms with van der Waals surface area (Å²) in [6.45, 7) is 11.7. The standard InChI is InChI=1S/C26H25F2NO6.C26H25F2NO5/c1-4-33-19(30)13-14-11-17(27)22(18(28)12-14)29-25(31)20-21(26(29)32)24(35-6-3)16-10-8-7-9-15(16)23(20)34-5-2;1-4-32-21(30)13-15-11-19(27)23(20(28)12-15)29-14-18-22(26(29)31)25(34-6-3)17-10-8-7-9-16(17)24(18)33-5-2/h7-12,25,31H,4-6,13H2,1-3H3;7-12H,4-6,13-14H2,1-3H3. The molecule has 0 fully saturated rings. The van der Waals surface area contributed by atoms with Crippen LogP contribution in [-0.2, 0) is 38.4 Å². The zero-order chi connectivity index (χ0) is 49.7. The van der Waals surface area contributed by atoms with E-state index >= 15 is 17.6 Å². The molecule has 6 aromatic rings. The Hall–Kier alpha value is -7.40. The smallest absolute Gasteiger partial charge is 0.310 e. The molecule has 0 radical (unpaired) electrons. The molecule has 0 saturated carbocycles. The van der Waals surface area contributed by atoms with Crippen LogP contribution >= 0.6 is 0 Å². The van der Waals surface area contributed by atoms with E-state index in [0.29, 0.717) is 51.3 Å². The highest BCUT2D eigenvalue weighted by Gasteiger charge is 2.45. The number of rotatable bonds is 16. The molecular formula is C52H50F4N2O11. The maximum atomic E-state index is 15.2. The van der Waals surface area contributed by atoms with Crippen molar-refractivity contribution >= 4 is 56.7 Å². The lowest BCUT2D eigenvalue weighted by Crippen LogP contribution is -2.29. The first kappa shape index (κ1) is 49.5. The number of halogens is 4. The van der Waals surface area contributed by atoms with Gasteiger partial charge in [-0.2, -0.15) is 0 Å². The number of benzene rings is 6. The molecule has 0 aliphatic carbocycles. The summed E-state index contributed by atoms with van der Waals surface area (Å²) in [4.78, 5) is 52.3. The monoisotopic (exact) mass is 954 g/mol. The van der Waals surface area contributed by atoms with Crippen LogP contribution in [0, 0.1) is 23.3 Å². The van der Waals surface area contributed by atoms with Crippen LogP contribution in [-0.4, -0.2) is 68.5 Å². The Balaban J connectivity index is 0.000000204. The van der Waals surface area contributed by atoms with Crippen molar-refractivity contribution in [3.8, 4) is 23.0 Å². The number of hydrogen-bond acceptors (Lipinski definition) is 11. The Morgan fingerprint density at radius 1 is 0.551 bits per heavy atom. The second-order valence-electron chi connectivity index (χ2n) is 15.5. The number of anilines is 2. The van der Waals surface area contributed by atoms with E-state index in [9.17, 15) is 24.3 Å². The van der Waals surface area contributed by atoms with Gasteiger partial charge in [-0.15, -0.1) is 0 Å². The van der Waals surface area contributed by atoms with Crippen LogP contribution < -0.4 is 28.7 Å². The fourth-order valence-electron chi connectivity index (χ4n) is 8.67. The van der Waals surface area contributed by atoms with Crippen LogP contribution in [0.2, 0.25) is 0 Å². The Morgan fingerprint density at radius 2 is 0.942 bits per heavy atom. The van der Waals surface area contributed by atoms with Crippen LogP contribution in [0.1, 0.15) is 90.7 Å². The molecule has 2 aliphatic rings. The highest BCUT2D eigenvalue weighted by Crippen LogP contribution is 2.51. The predicted molar refractivity (Wildman–Crippen MR) is 248 cm³/mol. The summed E-state index contributed by atoms with van der Waals surface area (Å²) in [5.74, 6) is -5.45. The number of ether oxygens (including phenoxy) is 6. The van der Waals surface area contributed by atoms with Crippen LogP contribution in [0.25, 0.3) is 21.5 Å². The first-order valence-corrected chi connectivity index (χ1v) is 22.5. The Kier molecular flexibility index (Phi) is 15.3. The normalized spacial score (nSPS) is 13.8. The summed E-state index contributed by atoms with van der Waals surface area (Å²) in [5.41, 5.74) is -0.247. The van der Waals surface area contributed by atoms with Crippen LogP contribution in [0.4, 0.5) is 28.9 Å². The first-order valence-electron chi connectivity index (χ1n) is 22.5. The average molecular weight is 955 g/mol. The summed E-state index contributed by atoms with van der Waals surface area (Å²) in [6, 6.07) is 18.4. The molecule has 8 rings (SSSR count). The highest BCUT2D eigenvalue weighted by molar-refractivity contribution is 6.18.